The van der Waals surface area contributed by atoms with Gasteiger partial charge in [-0.25, -0.2) is 0 Å². The van der Waals surface area contributed by atoms with Gasteiger partial charge in [0.15, 0.2) is 0 Å². The van der Waals surface area contributed by atoms with Crippen molar-refractivity contribution in [1.82, 2.24) is 0 Å². The normalized spacial score (nSPS) is 13.8. The highest BCUT2D eigenvalue weighted by molar-refractivity contribution is 7.10. The van der Waals surface area contributed by atoms with Crippen LogP contribution in [0.2, 0.25) is 0 Å². The van der Waals surface area contributed by atoms with E-state index in [4.69, 9.17) is 0 Å². The molecule has 72 valence electrons. The Labute approximate surface area is 85.3 Å². The van der Waals surface area contributed by atoms with Gasteiger partial charge >= 0.3 is 0 Å². The number of allylic oxidation sites excluding steroid dienone is 2. The molecule has 1 unspecified atom stereocenters. The van der Waals surface area contributed by atoms with Crippen LogP contribution in [0, 0.1) is 12.8 Å². The first-order valence-corrected chi connectivity index (χ1v) is 5.81. The quantitative estimate of drug-likeness (QED) is 0.630. The van der Waals surface area contributed by atoms with Crippen molar-refractivity contribution >= 4 is 11.3 Å². The Kier molecular flexibility index (Phi) is 4.23. The fourth-order valence-corrected chi connectivity index (χ4v) is 2.39. The van der Waals surface area contributed by atoms with Gasteiger partial charge in [0.05, 0.1) is 0 Å². The third-order valence-electron chi connectivity index (χ3n) is 2.18. The first-order valence-electron chi connectivity index (χ1n) is 4.93. The molecule has 0 radical (unpaired) electrons. The molecule has 0 saturated carbocycles. The van der Waals surface area contributed by atoms with Crippen molar-refractivity contribution in [2.75, 3.05) is 0 Å². The van der Waals surface area contributed by atoms with Gasteiger partial charge in [0.1, 0.15) is 0 Å². The maximum Gasteiger partial charge on any atom is 0.00801 e. The van der Waals surface area contributed by atoms with Gasteiger partial charge in [-0.3, -0.25) is 0 Å². The topological polar surface area (TPSA) is 0 Å². The van der Waals surface area contributed by atoms with Gasteiger partial charge in [-0.15, -0.1) is 11.3 Å². The Morgan fingerprint density at radius 3 is 2.85 bits per heavy atom. The van der Waals surface area contributed by atoms with E-state index in [-0.39, 0.29) is 0 Å². The Balaban J connectivity index is 2.49. The van der Waals surface area contributed by atoms with E-state index in [1.54, 1.807) is 0 Å². The molecular weight excluding hydrogens is 176 g/mol. The molecule has 0 nitrogen and oxygen atoms in total. The van der Waals surface area contributed by atoms with Crippen molar-refractivity contribution < 1.29 is 0 Å². The maximum absolute atomic E-state index is 2.32. The van der Waals surface area contributed by atoms with Crippen LogP contribution < -0.4 is 0 Å². The SMILES string of the molecule is CC/C=C\C(C)Cc1sccc1C. The molecule has 0 fully saturated rings. The number of rotatable bonds is 4. The van der Waals surface area contributed by atoms with Crippen LogP contribution in [-0.4, -0.2) is 0 Å². The summed E-state index contributed by atoms with van der Waals surface area (Å²) in [7, 11) is 0. The molecule has 0 amide bonds. The van der Waals surface area contributed by atoms with E-state index in [9.17, 15) is 0 Å². The third-order valence-corrected chi connectivity index (χ3v) is 3.22. The smallest absolute Gasteiger partial charge is 0.00801 e. The first-order chi connectivity index (χ1) is 6.24. The molecule has 1 rings (SSSR count). The fourth-order valence-electron chi connectivity index (χ4n) is 1.34. The molecule has 0 N–H and O–H groups in total. The van der Waals surface area contributed by atoms with Gasteiger partial charge in [0.25, 0.3) is 0 Å². The van der Waals surface area contributed by atoms with E-state index in [2.05, 4.69) is 44.4 Å². The molecule has 0 spiro atoms. The zero-order valence-electron chi connectivity index (χ0n) is 8.71. The zero-order chi connectivity index (χ0) is 9.68. The van der Waals surface area contributed by atoms with Crippen LogP contribution in [0.5, 0.6) is 0 Å². The summed E-state index contributed by atoms with van der Waals surface area (Å²) >= 11 is 1.88. The monoisotopic (exact) mass is 194 g/mol. The second kappa shape index (κ2) is 5.23. The summed E-state index contributed by atoms with van der Waals surface area (Å²) in [6.07, 6.45) is 6.92. The molecule has 1 aromatic heterocycles. The van der Waals surface area contributed by atoms with Crippen LogP contribution in [0.3, 0.4) is 0 Å². The summed E-state index contributed by atoms with van der Waals surface area (Å²) in [5, 5.41) is 2.18. The van der Waals surface area contributed by atoms with Crippen LogP contribution in [-0.2, 0) is 6.42 Å². The van der Waals surface area contributed by atoms with Gasteiger partial charge in [-0.05, 0) is 42.7 Å². The van der Waals surface area contributed by atoms with Gasteiger partial charge in [0.2, 0.25) is 0 Å². The number of hydrogen-bond donors (Lipinski definition) is 0. The summed E-state index contributed by atoms with van der Waals surface area (Å²) in [6, 6.07) is 2.20. The van der Waals surface area contributed by atoms with Crippen molar-refractivity contribution in [2.45, 2.75) is 33.6 Å². The summed E-state index contributed by atoms with van der Waals surface area (Å²) in [5.74, 6) is 0.678. The molecule has 13 heavy (non-hydrogen) atoms. The minimum atomic E-state index is 0.678. The molecule has 1 heteroatoms. The van der Waals surface area contributed by atoms with Crippen molar-refractivity contribution in [3.8, 4) is 0 Å². The van der Waals surface area contributed by atoms with E-state index in [1.807, 2.05) is 11.3 Å². The van der Waals surface area contributed by atoms with E-state index < -0.39 is 0 Å². The minimum Gasteiger partial charge on any atom is -0.149 e. The molecule has 0 aliphatic carbocycles. The highest BCUT2D eigenvalue weighted by Crippen LogP contribution is 2.20. The van der Waals surface area contributed by atoms with Crippen LogP contribution in [0.15, 0.2) is 23.6 Å². The lowest BCUT2D eigenvalue weighted by atomic mass is 10.0. The molecule has 0 aromatic carbocycles. The highest BCUT2D eigenvalue weighted by Gasteiger charge is 2.03. The van der Waals surface area contributed by atoms with Crippen molar-refractivity contribution in [3.05, 3.63) is 34.0 Å². The number of aryl methyl sites for hydroxylation is 1. The molecule has 1 aromatic rings. The summed E-state index contributed by atoms with van der Waals surface area (Å²) in [6.45, 7) is 6.66. The second-order valence-electron chi connectivity index (χ2n) is 3.54. The second-order valence-corrected chi connectivity index (χ2v) is 4.55. The van der Waals surface area contributed by atoms with E-state index in [1.165, 1.54) is 16.9 Å². The summed E-state index contributed by atoms with van der Waals surface area (Å²) < 4.78 is 0. The average molecular weight is 194 g/mol. The van der Waals surface area contributed by atoms with Crippen LogP contribution >= 0.6 is 11.3 Å². The maximum atomic E-state index is 2.32. The third kappa shape index (κ3) is 3.35. The lowest BCUT2D eigenvalue weighted by Crippen LogP contribution is -1.94. The predicted octanol–water partition coefficient (Wildman–Crippen LogP) is 4.20. The molecule has 1 heterocycles. The van der Waals surface area contributed by atoms with Crippen LogP contribution in [0.1, 0.15) is 30.7 Å². The molecule has 0 bridgehead atoms. The lowest BCUT2D eigenvalue weighted by molar-refractivity contribution is 0.727. The number of thiophene rings is 1. The predicted molar refractivity (Wildman–Crippen MR) is 61.4 cm³/mol. The molecule has 0 aliphatic rings. The largest absolute Gasteiger partial charge is 0.149 e. The summed E-state index contributed by atoms with van der Waals surface area (Å²) in [5.41, 5.74) is 1.45. The van der Waals surface area contributed by atoms with E-state index in [0.717, 1.165) is 6.42 Å². The molecule has 1 atom stereocenters. The highest BCUT2D eigenvalue weighted by atomic mass is 32.1. The zero-order valence-corrected chi connectivity index (χ0v) is 9.53. The van der Waals surface area contributed by atoms with Crippen LogP contribution in [0.25, 0.3) is 0 Å². The summed E-state index contributed by atoms with van der Waals surface area (Å²) in [4.78, 5) is 1.54. The Morgan fingerprint density at radius 2 is 2.31 bits per heavy atom. The average Bonchev–Trinajstić information content (AvgIpc) is 2.48. The minimum absolute atomic E-state index is 0.678. The van der Waals surface area contributed by atoms with E-state index in [0.29, 0.717) is 5.92 Å². The number of hydrogen-bond acceptors (Lipinski definition) is 1. The molecular formula is C12H18S. The lowest BCUT2D eigenvalue weighted by Gasteiger charge is -2.04. The van der Waals surface area contributed by atoms with E-state index >= 15 is 0 Å². The van der Waals surface area contributed by atoms with Gasteiger partial charge < -0.3 is 0 Å². The fraction of sp³-hybridized carbons (Fsp3) is 0.500. The van der Waals surface area contributed by atoms with Gasteiger partial charge in [-0.2, -0.15) is 0 Å². The van der Waals surface area contributed by atoms with Gasteiger partial charge in [-0.1, -0.05) is 26.0 Å². The van der Waals surface area contributed by atoms with Crippen molar-refractivity contribution in [3.63, 3.8) is 0 Å². The van der Waals surface area contributed by atoms with Crippen molar-refractivity contribution in [2.24, 2.45) is 5.92 Å². The Hall–Kier alpha value is -0.560. The molecule has 0 aliphatic heterocycles. The standard InChI is InChI=1S/C12H18S/c1-4-5-6-10(2)9-12-11(3)7-8-13-12/h5-8,10H,4,9H2,1-3H3/b6-5-. The first kappa shape index (κ1) is 10.5. The van der Waals surface area contributed by atoms with Crippen LogP contribution in [0.4, 0.5) is 0 Å². The Bertz CT molecular complexity index is 270. The molecule has 0 saturated heterocycles. The van der Waals surface area contributed by atoms with Crippen molar-refractivity contribution in [1.29, 1.82) is 0 Å². The van der Waals surface area contributed by atoms with Gasteiger partial charge in [0, 0.05) is 4.88 Å². The Morgan fingerprint density at radius 1 is 1.54 bits per heavy atom.